The van der Waals surface area contributed by atoms with Gasteiger partial charge in [0.1, 0.15) is 17.2 Å². The van der Waals surface area contributed by atoms with Crippen LogP contribution in [0.15, 0.2) is 42.9 Å². The van der Waals surface area contributed by atoms with E-state index in [0.29, 0.717) is 10.8 Å². The first-order chi connectivity index (χ1) is 8.59. The zero-order valence-electron chi connectivity index (χ0n) is 10.5. The Labute approximate surface area is 112 Å². The first-order valence-corrected chi connectivity index (χ1v) is 6.22. The van der Waals surface area contributed by atoms with Crippen LogP contribution >= 0.6 is 11.6 Å². The maximum Gasteiger partial charge on any atom is 0.148 e. The van der Waals surface area contributed by atoms with Crippen molar-refractivity contribution in [2.45, 2.75) is 19.3 Å². The van der Waals surface area contributed by atoms with Gasteiger partial charge >= 0.3 is 0 Å². The van der Waals surface area contributed by atoms with E-state index in [1.54, 1.807) is 6.20 Å². The van der Waals surface area contributed by atoms with Gasteiger partial charge in [0.25, 0.3) is 0 Å². The highest BCUT2D eigenvalue weighted by Crippen LogP contribution is 2.24. The van der Waals surface area contributed by atoms with Crippen LogP contribution in [0.3, 0.4) is 0 Å². The molecule has 1 N–H and O–H groups in total. The van der Waals surface area contributed by atoms with Gasteiger partial charge in [-0.1, -0.05) is 55.8 Å². The Morgan fingerprint density at radius 2 is 1.94 bits per heavy atom. The van der Waals surface area contributed by atoms with Crippen molar-refractivity contribution in [1.29, 1.82) is 0 Å². The minimum absolute atomic E-state index is 0.00946. The Morgan fingerprint density at radius 1 is 1.22 bits per heavy atom. The lowest BCUT2D eigenvalue weighted by Crippen LogP contribution is -2.27. The molecule has 2 rings (SSSR count). The van der Waals surface area contributed by atoms with Gasteiger partial charge in [-0.25, -0.2) is 9.97 Å². The van der Waals surface area contributed by atoms with E-state index in [-0.39, 0.29) is 5.41 Å². The molecule has 0 aliphatic carbocycles. The number of halogens is 1. The normalized spacial score (nSPS) is 11.3. The molecule has 0 unspecified atom stereocenters. The fourth-order valence-electron chi connectivity index (χ4n) is 1.74. The molecule has 1 aromatic heterocycles. The zero-order valence-corrected chi connectivity index (χ0v) is 11.3. The second kappa shape index (κ2) is 5.36. The summed E-state index contributed by atoms with van der Waals surface area (Å²) >= 11 is 6.01. The molecule has 1 heterocycles. The summed E-state index contributed by atoms with van der Waals surface area (Å²) in [7, 11) is 0. The lowest BCUT2D eigenvalue weighted by Gasteiger charge is -2.26. The largest absolute Gasteiger partial charge is 0.368 e. The van der Waals surface area contributed by atoms with E-state index in [1.165, 1.54) is 11.9 Å². The van der Waals surface area contributed by atoms with E-state index in [2.05, 4.69) is 53.4 Å². The molecule has 94 valence electrons. The molecule has 3 nitrogen and oxygen atoms in total. The second-order valence-corrected chi connectivity index (χ2v) is 5.23. The van der Waals surface area contributed by atoms with Crippen molar-refractivity contribution in [2.24, 2.45) is 0 Å². The van der Waals surface area contributed by atoms with Gasteiger partial charge < -0.3 is 5.32 Å². The second-order valence-electron chi connectivity index (χ2n) is 4.82. The number of nitrogens with zero attached hydrogens (tertiary/aromatic N) is 2. The minimum atomic E-state index is 0.00946. The SMILES string of the molecule is CC(C)(CNc1ncncc1Cl)c1ccccc1. The summed E-state index contributed by atoms with van der Waals surface area (Å²) in [6.45, 7) is 5.13. The molecule has 0 saturated carbocycles. The lowest BCUT2D eigenvalue weighted by atomic mass is 9.85. The Balaban J connectivity index is 2.08. The predicted molar refractivity (Wildman–Crippen MR) is 75.0 cm³/mol. The molecule has 0 saturated heterocycles. The maximum absolute atomic E-state index is 6.01. The number of hydrogen-bond acceptors (Lipinski definition) is 3. The molecule has 0 radical (unpaired) electrons. The van der Waals surface area contributed by atoms with Gasteiger partial charge in [-0.05, 0) is 5.56 Å². The van der Waals surface area contributed by atoms with Crippen LogP contribution in [0.2, 0.25) is 5.02 Å². The molecule has 0 aliphatic rings. The van der Waals surface area contributed by atoms with Crippen molar-refractivity contribution in [3.8, 4) is 0 Å². The molecular formula is C14H16ClN3. The molecule has 0 amide bonds. The molecule has 0 spiro atoms. The fourth-order valence-corrected chi connectivity index (χ4v) is 1.91. The van der Waals surface area contributed by atoms with E-state index >= 15 is 0 Å². The van der Waals surface area contributed by atoms with E-state index in [9.17, 15) is 0 Å². The van der Waals surface area contributed by atoms with Crippen molar-refractivity contribution in [2.75, 3.05) is 11.9 Å². The molecule has 2 aromatic rings. The summed E-state index contributed by atoms with van der Waals surface area (Å²) in [5.41, 5.74) is 1.29. The van der Waals surface area contributed by atoms with Gasteiger partial charge in [0.2, 0.25) is 0 Å². The zero-order chi connectivity index (χ0) is 13.0. The van der Waals surface area contributed by atoms with Gasteiger partial charge in [0, 0.05) is 12.0 Å². The number of anilines is 1. The van der Waals surface area contributed by atoms with Crippen molar-refractivity contribution < 1.29 is 0 Å². The standard InChI is InChI=1S/C14H16ClN3/c1-14(2,11-6-4-3-5-7-11)9-17-13-12(15)8-16-10-18-13/h3-8,10H,9H2,1-2H3,(H,16,17,18). The Bertz CT molecular complexity index is 511. The summed E-state index contributed by atoms with van der Waals surface area (Å²) in [6.07, 6.45) is 3.08. The van der Waals surface area contributed by atoms with Crippen LogP contribution in [0, 0.1) is 0 Å². The number of rotatable bonds is 4. The van der Waals surface area contributed by atoms with Crippen LogP contribution in [0.5, 0.6) is 0 Å². The third-order valence-electron chi connectivity index (χ3n) is 2.92. The predicted octanol–water partition coefficient (Wildman–Crippen LogP) is 3.52. The fraction of sp³-hybridized carbons (Fsp3) is 0.286. The van der Waals surface area contributed by atoms with Crippen molar-refractivity contribution in [3.63, 3.8) is 0 Å². The van der Waals surface area contributed by atoms with Gasteiger partial charge in [0.15, 0.2) is 0 Å². The molecule has 0 bridgehead atoms. The van der Waals surface area contributed by atoms with E-state index in [0.717, 1.165) is 6.54 Å². The number of nitrogens with one attached hydrogen (secondary N) is 1. The summed E-state index contributed by atoms with van der Waals surface area (Å²) in [4.78, 5) is 7.99. The van der Waals surface area contributed by atoms with Gasteiger partial charge in [-0.2, -0.15) is 0 Å². The Kier molecular flexibility index (Phi) is 3.82. The first kappa shape index (κ1) is 12.8. The van der Waals surface area contributed by atoms with Crippen LogP contribution < -0.4 is 5.32 Å². The third-order valence-corrected chi connectivity index (χ3v) is 3.20. The summed E-state index contributed by atoms with van der Waals surface area (Å²) in [5.74, 6) is 0.677. The molecule has 0 atom stereocenters. The molecule has 1 aromatic carbocycles. The first-order valence-electron chi connectivity index (χ1n) is 5.84. The highest BCUT2D eigenvalue weighted by molar-refractivity contribution is 6.32. The summed E-state index contributed by atoms with van der Waals surface area (Å²) < 4.78 is 0. The summed E-state index contributed by atoms with van der Waals surface area (Å²) in [5, 5.41) is 3.81. The number of benzene rings is 1. The average Bonchev–Trinajstić information content (AvgIpc) is 2.39. The maximum atomic E-state index is 6.01. The van der Waals surface area contributed by atoms with Crippen LogP contribution in [-0.4, -0.2) is 16.5 Å². The van der Waals surface area contributed by atoms with Gasteiger partial charge in [0.05, 0.1) is 6.20 Å². The quantitative estimate of drug-likeness (QED) is 0.915. The van der Waals surface area contributed by atoms with Crippen LogP contribution in [0.4, 0.5) is 5.82 Å². The highest BCUT2D eigenvalue weighted by atomic mass is 35.5. The molecule has 4 heteroatoms. The topological polar surface area (TPSA) is 37.8 Å². The van der Waals surface area contributed by atoms with Crippen molar-refractivity contribution in [1.82, 2.24) is 9.97 Å². The van der Waals surface area contributed by atoms with E-state index < -0.39 is 0 Å². The average molecular weight is 262 g/mol. The van der Waals surface area contributed by atoms with E-state index in [1.807, 2.05) is 6.07 Å². The van der Waals surface area contributed by atoms with Gasteiger partial charge in [-0.15, -0.1) is 0 Å². The van der Waals surface area contributed by atoms with Crippen molar-refractivity contribution >= 4 is 17.4 Å². The monoisotopic (exact) mass is 261 g/mol. The van der Waals surface area contributed by atoms with Crippen LogP contribution in [0.25, 0.3) is 0 Å². The van der Waals surface area contributed by atoms with E-state index in [4.69, 9.17) is 11.6 Å². The molecule has 18 heavy (non-hydrogen) atoms. The number of aromatic nitrogens is 2. The Morgan fingerprint density at radius 3 is 2.61 bits per heavy atom. The highest BCUT2D eigenvalue weighted by Gasteiger charge is 2.20. The Hall–Kier alpha value is -1.61. The smallest absolute Gasteiger partial charge is 0.148 e. The lowest BCUT2D eigenvalue weighted by molar-refractivity contribution is 0.556. The third kappa shape index (κ3) is 2.99. The minimum Gasteiger partial charge on any atom is -0.368 e. The molecule has 0 fully saturated rings. The van der Waals surface area contributed by atoms with Gasteiger partial charge in [-0.3, -0.25) is 0 Å². The number of hydrogen-bond donors (Lipinski definition) is 1. The molecule has 0 aliphatic heterocycles. The molecular weight excluding hydrogens is 246 g/mol. The summed E-state index contributed by atoms with van der Waals surface area (Å²) in [6, 6.07) is 10.4. The van der Waals surface area contributed by atoms with Crippen LogP contribution in [0.1, 0.15) is 19.4 Å². The van der Waals surface area contributed by atoms with Crippen molar-refractivity contribution in [3.05, 3.63) is 53.4 Å². The van der Waals surface area contributed by atoms with Crippen LogP contribution in [-0.2, 0) is 5.41 Å².